The highest BCUT2D eigenvalue weighted by atomic mass is 16.6. The average Bonchev–Trinajstić information content (AvgIpc) is 2.93. The van der Waals surface area contributed by atoms with Crippen LogP contribution in [0.2, 0.25) is 0 Å². The summed E-state index contributed by atoms with van der Waals surface area (Å²) in [6, 6.07) is 0. The van der Waals surface area contributed by atoms with Crippen LogP contribution in [0.4, 0.5) is 11.8 Å². The van der Waals surface area contributed by atoms with Crippen molar-refractivity contribution in [3.8, 4) is 0 Å². The molecule has 1 aliphatic heterocycles. The molecule has 4 atom stereocenters. The van der Waals surface area contributed by atoms with Crippen LogP contribution in [0.25, 0.3) is 11.2 Å². The Labute approximate surface area is 112 Å². The molecule has 0 bridgehead atoms. The van der Waals surface area contributed by atoms with Gasteiger partial charge in [0.15, 0.2) is 17.7 Å². The fraction of sp³-hybridized carbons (Fsp3) is 0.500. The van der Waals surface area contributed by atoms with Crippen LogP contribution in [0.3, 0.4) is 0 Å². The van der Waals surface area contributed by atoms with Crippen molar-refractivity contribution in [3.05, 3.63) is 6.33 Å². The Morgan fingerprint density at radius 1 is 1.25 bits per heavy atom. The summed E-state index contributed by atoms with van der Waals surface area (Å²) in [5.74, 6) is 0.0708. The van der Waals surface area contributed by atoms with E-state index in [1.807, 2.05) is 0 Å². The largest absolute Gasteiger partial charge is 0.394 e. The van der Waals surface area contributed by atoms with Gasteiger partial charge in [-0.05, 0) is 0 Å². The van der Waals surface area contributed by atoms with E-state index in [1.54, 1.807) is 0 Å². The average molecular weight is 282 g/mol. The molecule has 0 radical (unpaired) electrons. The van der Waals surface area contributed by atoms with Gasteiger partial charge in [0.2, 0.25) is 5.95 Å². The van der Waals surface area contributed by atoms with Gasteiger partial charge in [-0.15, -0.1) is 0 Å². The summed E-state index contributed by atoms with van der Waals surface area (Å²) >= 11 is 0. The first-order valence-corrected chi connectivity index (χ1v) is 5.91. The lowest BCUT2D eigenvalue weighted by Gasteiger charge is -2.16. The molecule has 2 aromatic rings. The predicted octanol–water partition coefficient (Wildman–Crippen LogP) is -2.40. The first-order chi connectivity index (χ1) is 9.52. The van der Waals surface area contributed by atoms with E-state index in [9.17, 15) is 10.2 Å². The normalized spacial score (nSPS) is 30.1. The van der Waals surface area contributed by atoms with Crippen LogP contribution in [-0.2, 0) is 4.74 Å². The minimum Gasteiger partial charge on any atom is -0.394 e. The molecule has 0 spiro atoms. The number of rotatable bonds is 2. The van der Waals surface area contributed by atoms with Gasteiger partial charge < -0.3 is 31.5 Å². The molecule has 0 saturated carbocycles. The van der Waals surface area contributed by atoms with Gasteiger partial charge in [-0.2, -0.15) is 9.97 Å². The molecule has 3 rings (SSSR count). The monoisotopic (exact) mass is 282 g/mol. The highest BCUT2D eigenvalue weighted by molar-refractivity contribution is 5.82. The number of hydrogen-bond donors (Lipinski definition) is 5. The molecule has 1 saturated heterocycles. The third-order valence-electron chi connectivity index (χ3n) is 3.26. The number of aliphatic hydroxyl groups excluding tert-OH is 3. The number of anilines is 2. The molecule has 0 aliphatic carbocycles. The molecular weight excluding hydrogens is 268 g/mol. The van der Waals surface area contributed by atoms with Crippen LogP contribution in [0.1, 0.15) is 6.23 Å². The van der Waals surface area contributed by atoms with E-state index < -0.39 is 31.1 Å². The molecule has 1 fully saturated rings. The number of aromatic nitrogens is 4. The summed E-state index contributed by atoms with van der Waals surface area (Å²) in [5, 5.41) is 28.8. The zero-order valence-corrected chi connectivity index (χ0v) is 10.3. The molecule has 7 N–H and O–H groups in total. The smallest absolute Gasteiger partial charge is 0.224 e. The zero-order chi connectivity index (χ0) is 14.4. The van der Waals surface area contributed by atoms with Gasteiger partial charge in [-0.3, -0.25) is 4.57 Å². The molecule has 10 nitrogen and oxygen atoms in total. The standard InChI is InChI=1S/C10H14N6O4/c11-7-4-8(15-10(12)14-7)16(2-13-4)9-6(19)5(18)3(1-17)20-9/h2-3,5-6,9,17-19H,1H2,(H4,11,12,14,15)/t3-,5-,6?,9-/m1/s1. The van der Waals surface area contributed by atoms with E-state index in [0.717, 1.165) is 0 Å². The molecule has 1 aliphatic rings. The topological polar surface area (TPSA) is 166 Å². The maximum absolute atomic E-state index is 9.99. The molecule has 3 heterocycles. The summed E-state index contributed by atoms with van der Waals surface area (Å²) in [6.07, 6.45) is -2.92. The van der Waals surface area contributed by atoms with Crippen molar-refractivity contribution >= 4 is 22.9 Å². The minimum atomic E-state index is -1.23. The van der Waals surface area contributed by atoms with E-state index >= 15 is 0 Å². The number of hydrogen-bond acceptors (Lipinski definition) is 9. The molecular formula is C10H14N6O4. The number of nitrogens with zero attached hydrogens (tertiary/aromatic N) is 4. The van der Waals surface area contributed by atoms with Crippen molar-refractivity contribution in [1.82, 2.24) is 19.5 Å². The number of fused-ring (bicyclic) bond motifs is 1. The Bertz CT molecular complexity index is 646. The second-order valence-corrected chi connectivity index (χ2v) is 4.52. The Balaban J connectivity index is 2.07. The zero-order valence-electron chi connectivity index (χ0n) is 10.3. The van der Waals surface area contributed by atoms with Crippen LogP contribution >= 0.6 is 0 Å². The second kappa shape index (κ2) is 4.52. The molecule has 0 amide bonds. The SMILES string of the molecule is Nc1nc(N)c2ncn([C@@H]3O[C@H](CO)[C@@H](O)C3O)c2n1. The quantitative estimate of drug-likeness (QED) is 0.403. The lowest BCUT2D eigenvalue weighted by Crippen LogP contribution is -2.33. The number of nitrogens with two attached hydrogens (primary N) is 2. The summed E-state index contributed by atoms with van der Waals surface area (Å²) in [4.78, 5) is 11.8. The Morgan fingerprint density at radius 2 is 2.00 bits per heavy atom. The van der Waals surface area contributed by atoms with Crippen molar-refractivity contribution in [2.24, 2.45) is 0 Å². The van der Waals surface area contributed by atoms with Gasteiger partial charge in [0.05, 0.1) is 12.9 Å². The third-order valence-corrected chi connectivity index (χ3v) is 3.26. The first-order valence-electron chi connectivity index (χ1n) is 5.91. The summed E-state index contributed by atoms with van der Waals surface area (Å²) < 4.78 is 6.79. The van der Waals surface area contributed by atoms with E-state index in [0.29, 0.717) is 5.52 Å². The number of nitrogen functional groups attached to an aromatic ring is 2. The van der Waals surface area contributed by atoms with Crippen molar-refractivity contribution in [2.75, 3.05) is 18.1 Å². The van der Waals surface area contributed by atoms with Crippen molar-refractivity contribution in [1.29, 1.82) is 0 Å². The minimum absolute atomic E-state index is 0.0384. The van der Waals surface area contributed by atoms with Crippen LogP contribution < -0.4 is 11.5 Å². The summed E-state index contributed by atoms with van der Waals surface area (Å²) in [5.41, 5.74) is 11.8. The van der Waals surface area contributed by atoms with Gasteiger partial charge in [0.1, 0.15) is 23.8 Å². The molecule has 1 unspecified atom stereocenters. The Morgan fingerprint density at radius 3 is 2.65 bits per heavy atom. The lowest BCUT2D eigenvalue weighted by atomic mass is 10.1. The van der Waals surface area contributed by atoms with E-state index in [2.05, 4.69) is 15.0 Å². The van der Waals surface area contributed by atoms with Crippen LogP contribution in [0, 0.1) is 0 Å². The van der Waals surface area contributed by atoms with Crippen molar-refractivity contribution in [2.45, 2.75) is 24.5 Å². The van der Waals surface area contributed by atoms with E-state index in [4.69, 9.17) is 21.3 Å². The molecule has 0 aromatic carbocycles. The number of aliphatic hydroxyl groups is 3. The fourth-order valence-corrected chi connectivity index (χ4v) is 2.25. The Kier molecular flexibility index (Phi) is 2.94. The molecule has 10 heteroatoms. The van der Waals surface area contributed by atoms with Gasteiger partial charge in [0.25, 0.3) is 0 Å². The highest BCUT2D eigenvalue weighted by Gasteiger charge is 2.44. The third kappa shape index (κ3) is 1.78. The van der Waals surface area contributed by atoms with Crippen molar-refractivity contribution in [3.63, 3.8) is 0 Å². The lowest BCUT2D eigenvalue weighted by molar-refractivity contribution is -0.0511. The maximum atomic E-state index is 9.99. The van der Waals surface area contributed by atoms with Gasteiger partial charge >= 0.3 is 0 Å². The predicted molar refractivity (Wildman–Crippen MR) is 67.2 cm³/mol. The number of imidazole rings is 1. The van der Waals surface area contributed by atoms with E-state index in [1.165, 1.54) is 10.9 Å². The van der Waals surface area contributed by atoms with Crippen LogP contribution in [-0.4, -0.2) is 59.8 Å². The molecule has 108 valence electrons. The second-order valence-electron chi connectivity index (χ2n) is 4.52. The molecule has 2 aromatic heterocycles. The number of ether oxygens (including phenoxy) is 1. The van der Waals surface area contributed by atoms with E-state index in [-0.39, 0.29) is 17.4 Å². The maximum Gasteiger partial charge on any atom is 0.224 e. The fourth-order valence-electron chi connectivity index (χ4n) is 2.25. The van der Waals surface area contributed by atoms with Gasteiger partial charge in [-0.25, -0.2) is 4.98 Å². The Hall–Kier alpha value is -2.01. The highest BCUT2D eigenvalue weighted by Crippen LogP contribution is 2.31. The summed E-state index contributed by atoms with van der Waals surface area (Å²) in [7, 11) is 0. The van der Waals surface area contributed by atoms with Crippen LogP contribution in [0.15, 0.2) is 6.33 Å². The van der Waals surface area contributed by atoms with Crippen LogP contribution in [0.5, 0.6) is 0 Å². The van der Waals surface area contributed by atoms with Gasteiger partial charge in [0, 0.05) is 0 Å². The first kappa shape index (κ1) is 13.0. The van der Waals surface area contributed by atoms with Gasteiger partial charge in [-0.1, -0.05) is 0 Å². The molecule has 20 heavy (non-hydrogen) atoms. The summed E-state index contributed by atoms with van der Waals surface area (Å²) in [6.45, 7) is -0.416. The van der Waals surface area contributed by atoms with Crippen molar-refractivity contribution < 1.29 is 20.1 Å².